The summed E-state index contributed by atoms with van der Waals surface area (Å²) in [4.78, 5) is 2.35. The molecule has 0 amide bonds. The van der Waals surface area contributed by atoms with Gasteiger partial charge >= 0.3 is 0 Å². The van der Waals surface area contributed by atoms with Crippen LogP contribution in [-0.4, -0.2) is 46.0 Å². The third-order valence-corrected chi connectivity index (χ3v) is 10.2. The highest BCUT2D eigenvalue weighted by Gasteiger charge is 2.40. The van der Waals surface area contributed by atoms with Gasteiger partial charge in [0.05, 0.1) is 6.10 Å². The van der Waals surface area contributed by atoms with Gasteiger partial charge in [-0.2, -0.15) is 0 Å². The van der Waals surface area contributed by atoms with Crippen LogP contribution in [-0.2, 0) is 4.43 Å². The Bertz CT molecular complexity index is 589. The summed E-state index contributed by atoms with van der Waals surface area (Å²) >= 11 is 0. The smallest absolute Gasteiger partial charge is 0.192 e. The van der Waals surface area contributed by atoms with Crippen LogP contribution in [0.15, 0.2) is 18.2 Å². The average molecular weight is 371 g/mol. The topological polar surface area (TPSA) is 24.5 Å². The first-order valence-corrected chi connectivity index (χ1v) is 12.0. The molecule has 1 aromatic carbocycles. The summed E-state index contributed by atoms with van der Waals surface area (Å²) in [5, 5.41) is 3.42. The molecule has 0 radical (unpaired) electrons. The molecule has 3 nitrogen and oxygen atoms in total. The molecule has 0 aliphatic carbocycles. The van der Waals surface area contributed by atoms with Crippen LogP contribution in [0.5, 0.6) is 0 Å². The van der Waals surface area contributed by atoms with Gasteiger partial charge in [-0.1, -0.05) is 26.8 Å². The van der Waals surface area contributed by atoms with E-state index in [0.717, 1.165) is 31.6 Å². The number of rotatable bonds is 6. The van der Waals surface area contributed by atoms with E-state index in [1.54, 1.807) is 6.07 Å². The Balaban J connectivity index is 1.96. The minimum atomic E-state index is -1.76. The van der Waals surface area contributed by atoms with Crippen LogP contribution < -0.4 is 5.32 Å². The lowest BCUT2D eigenvalue weighted by molar-refractivity contribution is 0.177. The molecule has 25 heavy (non-hydrogen) atoms. The zero-order valence-electron chi connectivity index (χ0n) is 16.3. The summed E-state index contributed by atoms with van der Waals surface area (Å²) in [6, 6.07) is 4.11. The summed E-state index contributed by atoms with van der Waals surface area (Å²) in [6.07, 6.45) is 1.30. The number of hydrogen-bond donors (Lipinski definition) is 1. The monoisotopic (exact) mass is 370 g/mol. The van der Waals surface area contributed by atoms with Gasteiger partial charge in [-0.05, 0) is 49.3 Å². The average Bonchev–Trinajstić information content (AvgIpc) is 2.93. The van der Waals surface area contributed by atoms with Crippen LogP contribution in [0.4, 0.5) is 8.78 Å². The van der Waals surface area contributed by atoms with Crippen LogP contribution >= 0.6 is 0 Å². The summed E-state index contributed by atoms with van der Waals surface area (Å²) in [7, 11) is 0.0938. The third kappa shape index (κ3) is 5.09. The maximum atomic E-state index is 13.5. The first-order chi connectivity index (χ1) is 11.5. The Kier molecular flexibility index (Phi) is 6.41. The molecule has 1 saturated heterocycles. The van der Waals surface area contributed by atoms with Crippen molar-refractivity contribution in [3.63, 3.8) is 0 Å². The number of halogens is 2. The zero-order valence-corrected chi connectivity index (χ0v) is 17.3. The molecule has 0 spiro atoms. The summed E-state index contributed by atoms with van der Waals surface area (Å²) in [5.41, 5.74) is 0.773. The van der Waals surface area contributed by atoms with Gasteiger partial charge in [-0.3, -0.25) is 4.90 Å². The number of likely N-dealkylation sites (tertiary alicyclic amines) is 1. The molecule has 1 N–H and O–H groups in total. The van der Waals surface area contributed by atoms with Gasteiger partial charge in [-0.25, -0.2) is 8.78 Å². The van der Waals surface area contributed by atoms with Crippen molar-refractivity contribution < 1.29 is 13.2 Å². The van der Waals surface area contributed by atoms with Crippen molar-refractivity contribution in [3.05, 3.63) is 35.4 Å². The number of hydrogen-bond acceptors (Lipinski definition) is 3. The molecule has 0 aromatic heterocycles. The Morgan fingerprint density at radius 3 is 2.52 bits per heavy atom. The van der Waals surface area contributed by atoms with Crippen molar-refractivity contribution in [2.24, 2.45) is 0 Å². The van der Waals surface area contributed by atoms with Gasteiger partial charge in [0.2, 0.25) is 0 Å². The fourth-order valence-electron chi connectivity index (χ4n) is 3.00. The van der Waals surface area contributed by atoms with E-state index < -0.39 is 20.0 Å². The standard InChI is InChI=1S/C19H32F2N2OSi/c1-19(2,3)25(5,6)24-15-9-10-23(12-15)13-18(22-4)14-7-8-16(20)17(21)11-14/h7-8,11,15,18,22H,9-10,12-13H2,1-6H3/t15-,18+/m0/s1. The van der Waals surface area contributed by atoms with Gasteiger partial charge in [-0.15, -0.1) is 0 Å². The minimum absolute atomic E-state index is 0.0262. The van der Waals surface area contributed by atoms with Crippen LogP contribution in [0.2, 0.25) is 18.1 Å². The first kappa shape index (κ1) is 20.5. The van der Waals surface area contributed by atoms with E-state index in [1.807, 2.05) is 7.05 Å². The molecular weight excluding hydrogens is 338 g/mol. The fraction of sp³-hybridized carbons (Fsp3) is 0.684. The first-order valence-electron chi connectivity index (χ1n) is 9.06. The second-order valence-electron chi connectivity index (χ2n) is 8.56. The maximum absolute atomic E-state index is 13.5. The molecule has 0 bridgehead atoms. The van der Waals surface area contributed by atoms with E-state index in [9.17, 15) is 8.78 Å². The Hall–Kier alpha value is -0.823. The summed E-state index contributed by atoms with van der Waals surface area (Å²) in [5.74, 6) is -1.60. The highest BCUT2D eigenvalue weighted by atomic mass is 28.4. The predicted molar refractivity (Wildman–Crippen MR) is 101 cm³/mol. The molecule has 1 heterocycles. The quantitative estimate of drug-likeness (QED) is 0.755. The van der Waals surface area contributed by atoms with Crippen LogP contribution in [0.3, 0.4) is 0 Å². The molecule has 2 rings (SSSR count). The number of likely N-dealkylation sites (N-methyl/N-ethyl adjacent to an activating group) is 1. The third-order valence-electron chi connectivity index (χ3n) is 5.63. The van der Waals surface area contributed by atoms with Crippen molar-refractivity contribution in [1.29, 1.82) is 0 Å². The van der Waals surface area contributed by atoms with Crippen molar-refractivity contribution in [3.8, 4) is 0 Å². The maximum Gasteiger partial charge on any atom is 0.192 e. The van der Waals surface area contributed by atoms with E-state index in [-0.39, 0.29) is 17.2 Å². The molecule has 2 atom stereocenters. The molecule has 1 aliphatic rings. The molecule has 142 valence electrons. The number of benzene rings is 1. The predicted octanol–water partition coefficient (Wildman–Crippen LogP) is 4.32. The SMILES string of the molecule is CN[C@H](CN1CC[C@H](O[Si](C)(C)C(C)(C)C)C1)c1ccc(F)c(F)c1. The fourth-order valence-corrected chi connectivity index (χ4v) is 4.38. The van der Waals surface area contributed by atoms with Gasteiger partial charge in [0.15, 0.2) is 20.0 Å². The van der Waals surface area contributed by atoms with Crippen molar-refractivity contribution in [1.82, 2.24) is 10.2 Å². The highest BCUT2D eigenvalue weighted by molar-refractivity contribution is 6.74. The Morgan fingerprint density at radius 1 is 1.28 bits per heavy atom. The molecule has 0 saturated carbocycles. The lowest BCUT2D eigenvalue weighted by Gasteiger charge is -2.38. The lowest BCUT2D eigenvalue weighted by Crippen LogP contribution is -2.44. The summed E-state index contributed by atoms with van der Waals surface area (Å²) in [6.45, 7) is 14.0. The van der Waals surface area contributed by atoms with Gasteiger partial charge in [0.25, 0.3) is 0 Å². The minimum Gasteiger partial charge on any atom is -0.413 e. The largest absolute Gasteiger partial charge is 0.413 e. The van der Waals surface area contributed by atoms with E-state index in [1.165, 1.54) is 12.1 Å². The van der Waals surface area contributed by atoms with Gasteiger partial charge < -0.3 is 9.74 Å². The van der Waals surface area contributed by atoms with Crippen molar-refractivity contribution >= 4 is 8.32 Å². The molecule has 1 aromatic rings. The molecule has 1 aliphatic heterocycles. The second kappa shape index (κ2) is 7.82. The molecule has 6 heteroatoms. The van der Waals surface area contributed by atoms with Crippen LogP contribution in [0.25, 0.3) is 0 Å². The van der Waals surface area contributed by atoms with E-state index in [0.29, 0.717) is 0 Å². The van der Waals surface area contributed by atoms with Gasteiger partial charge in [0.1, 0.15) is 0 Å². The molecule has 0 unspecified atom stereocenters. The zero-order chi connectivity index (χ0) is 18.8. The lowest BCUT2D eigenvalue weighted by atomic mass is 10.1. The van der Waals surface area contributed by atoms with Gasteiger partial charge in [0, 0.05) is 25.7 Å². The van der Waals surface area contributed by atoms with E-state index in [4.69, 9.17) is 4.43 Å². The van der Waals surface area contributed by atoms with Crippen molar-refractivity contribution in [2.75, 3.05) is 26.7 Å². The molecular formula is C19H32F2N2OSi. The van der Waals surface area contributed by atoms with Crippen LogP contribution in [0, 0.1) is 11.6 Å². The Morgan fingerprint density at radius 2 is 1.96 bits per heavy atom. The Labute approximate surface area is 151 Å². The van der Waals surface area contributed by atoms with E-state index >= 15 is 0 Å². The summed E-state index contributed by atoms with van der Waals surface area (Å²) < 4.78 is 33.2. The van der Waals surface area contributed by atoms with Crippen LogP contribution in [0.1, 0.15) is 38.8 Å². The van der Waals surface area contributed by atoms with E-state index in [2.05, 4.69) is 44.1 Å². The molecule has 1 fully saturated rings. The second-order valence-corrected chi connectivity index (χ2v) is 13.3. The highest BCUT2D eigenvalue weighted by Crippen LogP contribution is 2.38. The van der Waals surface area contributed by atoms with Crippen molar-refractivity contribution in [2.45, 2.75) is 57.5 Å². The normalized spacial score (nSPS) is 20.9. The number of nitrogens with one attached hydrogen (secondary N) is 1. The number of nitrogens with zero attached hydrogens (tertiary/aromatic N) is 1.